The lowest BCUT2D eigenvalue weighted by Gasteiger charge is -2.23. The lowest BCUT2D eigenvalue weighted by atomic mass is 9.85. The molecule has 1 aliphatic rings. The van der Waals surface area contributed by atoms with E-state index in [0.29, 0.717) is 0 Å². The van der Waals surface area contributed by atoms with Crippen molar-refractivity contribution in [2.75, 3.05) is 0 Å². The maximum atomic E-state index is 2.53. The molecular formula is C26H40NSi+. The highest BCUT2D eigenvalue weighted by atomic mass is 28.3. The molecule has 0 atom stereocenters. The minimum absolute atomic E-state index is 0.195. The fourth-order valence-corrected chi connectivity index (χ4v) is 6.46. The van der Waals surface area contributed by atoms with Crippen LogP contribution in [0.1, 0.15) is 63.1 Å². The largest absolute Gasteiger partial charge is 0.212 e. The molecule has 0 N–H and O–H groups in total. The summed E-state index contributed by atoms with van der Waals surface area (Å²) in [6, 6.07) is 9.59. The third kappa shape index (κ3) is 4.59. The monoisotopic (exact) mass is 394 g/mol. The summed E-state index contributed by atoms with van der Waals surface area (Å²) in [6.07, 6.45) is 9.42. The van der Waals surface area contributed by atoms with Gasteiger partial charge < -0.3 is 0 Å². The predicted molar refractivity (Wildman–Crippen MR) is 125 cm³/mol. The quantitative estimate of drug-likeness (QED) is 0.438. The second kappa shape index (κ2) is 7.78. The molecule has 0 aliphatic heterocycles. The van der Waals surface area contributed by atoms with Crippen molar-refractivity contribution in [1.82, 2.24) is 0 Å². The molecule has 1 nitrogen and oxygen atoms in total. The highest BCUT2D eigenvalue weighted by Gasteiger charge is 2.28. The first kappa shape index (κ1) is 21.3. The van der Waals surface area contributed by atoms with Crippen molar-refractivity contribution in [3.05, 3.63) is 47.2 Å². The Bertz CT molecular complexity index is 846. The zero-order valence-electron chi connectivity index (χ0n) is 19.4. The molecule has 1 saturated carbocycles. The first-order valence-electron chi connectivity index (χ1n) is 11.1. The summed E-state index contributed by atoms with van der Waals surface area (Å²) >= 11 is 0. The third-order valence-corrected chi connectivity index (χ3v) is 8.59. The topological polar surface area (TPSA) is 3.88 Å². The molecule has 1 fully saturated rings. The number of aromatic nitrogens is 1. The van der Waals surface area contributed by atoms with Gasteiger partial charge in [-0.3, -0.25) is 0 Å². The molecule has 0 saturated heterocycles. The van der Waals surface area contributed by atoms with Crippen molar-refractivity contribution in [2.24, 2.45) is 13.0 Å². The van der Waals surface area contributed by atoms with Gasteiger partial charge in [0.25, 0.3) is 0 Å². The maximum absolute atomic E-state index is 2.53. The van der Waals surface area contributed by atoms with Crippen LogP contribution >= 0.6 is 0 Å². The molecule has 1 aromatic heterocycles. The first-order chi connectivity index (χ1) is 13.0. The molecule has 152 valence electrons. The van der Waals surface area contributed by atoms with E-state index >= 15 is 0 Å². The van der Waals surface area contributed by atoms with Gasteiger partial charge in [0.05, 0.1) is 8.07 Å². The molecule has 1 aromatic carbocycles. The number of pyridine rings is 1. The Labute approximate surface area is 174 Å². The second-order valence-corrected chi connectivity index (χ2v) is 16.1. The van der Waals surface area contributed by atoms with E-state index in [4.69, 9.17) is 0 Å². The van der Waals surface area contributed by atoms with Crippen LogP contribution in [-0.4, -0.2) is 8.07 Å². The van der Waals surface area contributed by atoms with E-state index in [9.17, 15) is 0 Å². The van der Waals surface area contributed by atoms with Crippen LogP contribution in [0, 0.1) is 12.8 Å². The molecule has 1 aliphatic carbocycles. The Hall–Kier alpha value is -1.41. The number of benzene rings is 1. The Balaban J connectivity index is 2.08. The predicted octanol–water partition coefficient (Wildman–Crippen LogP) is 6.06. The number of rotatable bonds is 4. The van der Waals surface area contributed by atoms with Crippen LogP contribution < -0.4 is 9.75 Å². The average molecular weight is 395 g/mol. The van der Waals surface area contributed by atoms with Gasteiger partial charge in [-0.15, -0.1) is 0 Å². The van der Waals surface area contributed by atoms with Crippen LogP contribution in [0.4, 0.5) is 0 Å². The zero-order chi connectivity index (χ0) is 20.7. The molecule has 28 heavy (non-hydrogen) atoms. The summed E-state index contributed by atoms with van der Waals surface area (Å²) in [5.74, 6) is 0.889. The fourth-order valence-electron chi connectivity index (χ4n) is 4.75. The van der Waals surface area contributed by atoms with Crippen LogP contribution in [0.15, 0.2) is 30.5 Å². The van der Waals surface area contributed by atoms with Crippen molar-refractivity contribution in [3.8, 4) is 11.3 Å². The second-order valence-electron chi connectivity index (χ2n) is 11.1. The van der Waals surface area contributed by atoms with Crippen LogP contribution in [-0.2, 0) is 18.9 Å². The van der Waals surface area contributed by atoms with Gasteiger partial charge in [-0.1, -0.05) is 78.2 Å². The lowest BCUT2D eigenvalue weighted by Crippen LogP contribution is -2.47. The third-order valence-electron chi connectivity index (χ3n) is 6.52. The van der Waals surface area contributed by atoms with E-state index in [1.54, 1.807) is 10.8 Å². The smallest absolute Gasteiger partial charge is 0.201 e. The minimum Gasteiger partial charge on any atom is -0.201 e. The normalized spacial score (nSPS) is 16.0. The van der Waals surface area contributed by atoms with E-state index < -0.39 is 8.07 Å². The molecular weight excluding hydrogens is 354 g/mol. The lowest BCUT2D eigenvalue weighted by molar-refractivity contribution is -0.659. The number of hydrogen-bond acceptors (Lipinski definition) is 0. The summed E-state index contributed by atoms with van der Waals surface area (Å²) < 4.78 is 2.38. The van der Waals surface area contributed by atoms with E-state index in [-0.39, 0.29) is 5.41 Å². The molecule has 0 spiro atoms. The van der Waals surface area contributed by atoms with Crippen LogP contribution in [0.5, 0.6) is 0 Å². The molecule has 0 amide bonds. The Morgan fingerprint density at radius 1 is 1.04 bits per heavy atom. The highest BCUT2D eigenvalue weighted by molar-refractivity contribution is 6.88. The van der Waals surface area contributed by atoms with Gasteiger partial charge in [0.1, 0.15) is 7.05 Å². The van der Waals surface area contributed by atoms with Crippen molar-refractivity contribution < 1.29 is 4.57 Å². The molecule has 3 rings (SSSR count). The van der Waals surface area contributed by atoms with Gasteiger partial charge >= 0.3 is 0 Å². The zero-order valence-corrected chi connectivity index (χ0v) is 20.4. The standard InChI is InChI=1S/C26H40NSi/c1-19-15-22(26(2,3)4)13-14-23(19)24-17-21(16-20-11-9-10-12-20)25(18-27(24)5)28(6,7)8/h13-15,17-18,20H,9-12,16H2,1-8H3/q+1. The summed E-state index contributed by atoms with van der Waals surface area (Å²) in [6.45, 7) is 16.6. The molecule has 0 bridgehead atoms. The maximum Gasteiger partial charge on any atom is 0.212 e. The summed E-state index contributed by atoms with van der Waals surface area (Å²) in [7, 11) is 0.858. The Morgan fingerprint density at radius 3 is 2.21 bits per heavy atom. The van der Waals surface area contributed by atoms with Crippen molar-refractivity contribution >= 4 is 13.3 Å². The van der Waals surface area contributed by atoms with Crippen molar-refractivity contribution in [2.45, 2.75) is 84.9 Å². The Kier molecular flexibility index (Phi) is 5.92. The SMILES string of the molecule is Cc1cc(C(C)(C)C)ccc1-c1cc(CC2CCCC2)c([Si](C)(C)C)c[n+]1C. The number of nitrogens with zero attached hydrogens (tertiary/aromatic N) is 1. The van der Waals surface area contributed by atoms with Gasteiger partial charge in [0, 0.05) is 16.8 Å². The van der Waals surface area contributed by atoms with Crippen molar-refractivity contribution in [3.63, 3.8) is 0 Å². The van der Waals surface area contributed by atoms with Crippen molar-refractivity contribution in [1.29, 1.82) is 0 Å². The molecule has 1 heterocycles. The summed E-state index contributed by atoms with van der Waals surface area (Å²) in [4.78, 5) is 0. The molecule has 0 radical (unpaired) electrons. The molecule has 2 aromatic rings. The number of hydrogen-bond donors (Lipinski definition) is 0. The van der Waals surface area contributed by atoms with Crippen LogP contribution in [0.25, 0.3) is 11.3 Å². The van der Waals surface area contributed by atoms with E-state index in [0.717, 1.165) is 5.92 Å². The van der Waals surface area contributed by atoms with Crippen LogP contribution in [0.3, 0.4) is 0 Å². The van der Waals surface area contributed by atoms with Crippen LogP contribution in [0.2, 0.25) is 19.6 Å². The summed E-state index contributed by atoms with van der Waals surface area (Å²) in [5.41, 5.74) is 7.37. The fraction of sp³-hybridized carbons (Fsp3) is 0.577. The Morgan fingerprint density at radius 2 is 1.68 bits per heavy atom. The van der Waals surface area contributed by atoms with Gasteiger partial charge in [-0.25, -0.2) is 4.57 Å². The molecule has 2 heteroatoms. The van der Waals surface area contributed by atoms with E-state index in [1.807, 2.05) is 0 Å². The minimum atomic E-state index is -1.37. The van der Waals surface area contributed by atoms with Gasteiger partial charge in [-0.2, -0.15) is 0 Å². The van der Waals surface area contributed by atoms with Gasteiger partial charge in [0.2, 0.25) is 5.69 Å². The van der Waals surface area contributed by atoms with Gasteiger partial charge in [-0.05, 0) is 47.4 Å². The van der Waals surface area contributed by atoms with E-state index in [2.05, 4.69) is 89.4 Å². The molecule has 0 unspecified atom stereocenters. The first-order valence-corrected chi connectivity index (χ1v) is 14.6. The average Bonchev–Trinajstić information content (AvgIpc) is 3.07. The van der Waals surface area contributed by atoms with E-state index in [1.165, 1.54) is 54.5 Å². The number of aryl methyl sites for hydroxylation is 2. The van der Waals surface area contributed by atoms with Gasteiger partial charge in [0.15, 0.2) is 6.20 Å². The highest BCUT2D eigenvalue weighted by Crippen LogP contribution is 2.31. The summed E-state index contributed by atoms with van der Waals surface area (Å²) in [5, 5.41) is 1.65.